The van der Waals surface area contributed by atoms with E-state index in [1.165, 1.54) is 24.3 Å². The summed E-state index contributed by atoms with van der Waals surface area (Å²) in [6.45, 7) is 7.60. The Morgan fingerprint density at radius 1 is 1.15 bits per heavy atom. The summed E-state index contributed by atoms with van der Waals surface area (Å²) in [6.07, 6.45) is 2.30. The molecule has 1 aromatic heterocycles. The van der Waals surface area contributed by atoms with Crippen LogP contribution in [-0.4, -0.2) is 41.2 Å². The van der Waals surface area contributed by atoms with Gasteiger partial charge in [-0.3, -0.25) is 9.00 Å². The molecule has 2 aromatic rings. The number of carbonyl (C=O) groups excluding carboxylic acids is 1. The number of nitrogens with zero attached hydrogens (tertiary/aromatic N) is 1. The largest absolute Gasteiger partial charge is 0.455 e. The smallest absolute Gasteiger partial charge is 0.287 e. The minimum atomic E-state index is -1.36. The average Bonchev–Trinajstić information content (AvgIpc) is 3.13. The van der Waals surface area contributed by atoms with Crippen molar-refractivity contribution in [3.05, 3.63) is 53.7 Å². The Morgan fingerprint density at radius 3 is 2.56 bits per heavy atom. The number of nitrogens with one attached hydrogen (secondary N) is 1. The number of hydrogen-bond donors (Lipinski definition) is 1. The predicted molar refractivity (Wildman–Crippen MR) is 105 cm³/mol. The molecule has 0 aliphatic rings. The second kappa shape index (κ2) is 11.0. The van der Waals surface area contributed by atoms with Crippen molar-refractivity contribution in [2.45, 2.75) is 37.3 Å². The molecule has 0 bridgehead atoms. The Bertz CT molecular complexity index is 746. The number of furan rings is 1. The monoisotopic (exact) mass is 394 g/mol. The van der Waals surface area contributed by atoms with Crippen molar-refractivity contribution in [3.8, 4) is 0 Å². The molecule has 1 heterocycles. The lowest BCUT2D eigenvalue weighted by Gasteiger charge is -2.19. The zero-order chi connectivity index (χ0) is 19.6. The second-order valence-corrected chi connectivity index (χ2v) is 7.70. The van der Waals surface area contributed by atoms with Crippen LogP contribution in [0.1, 0.15) is 43.0 Å². The molecule has 148 valence electrons. The number of amides is 1. The van der Waals surface area contributed by atoms with Crippen molar-refractivity contribution in [2.75, 3.05) is 26.2 Å². The van der Waals surface area contributed by atoms with E-state index >= 15 is 0 Å². The summed E-state index contributed by atoms with van der Waals surface area (Å²) in [4.78, 5) is 15.0. The molecule has 27 heavy (non-hydrogen) atoms. The zero-order valence-corrected chi connectivity index (χ0v) is 16.7. The molecule has 0 aliphatic heterocycles. The van der Waals surface area contributed by atoms with Crippen LogP contribution in [0.5, 0.6) is 0 Å². The van der Waals surface area contributed by atoms with Gasteiger partial charge in [-0.1, -0.05) is 20.3 Å². The van der Waals surface area contributed by atoms with E-state index in [9.17, 15) is 13.4 Å². The van der Waals surface area contributed by atoms with Crippen molar-refractivity contribution in [2.24, 2.45) is 0 Å². The van der Waals surface area contributed by atoms with E-state index in [0.717, 1.165) is 32.5 Å². The van der Waals surface area contributed by atoms with E-state index in [4.69, 9.17) is 4.42 Å². The average molecular weight is 395 g/mol. The maximum absolute atomic E-state index is 12.9. The highest BCUT2D eigenvalue weighted by atomic mass is 32.2. The van der Waals surface area contributed by atoms with Gasteiger partial charge in [-0.15, -0.1) is 0 Å². The highest BCUT2D eigenvalue weighted by Crippen LogP contribution is 2.15. The van der Waals surface area contributed by atoms with Gasteiger partial charge in [0, 0.05) is 18.0 Å². The molecular formula is C20H27FN2O3S. The van der Waals surface area contributed by atoms with Crippen molar-refractivity contribution in [3.63, 3.8) is 0 Å². The summed E-state index contributed by atoms with van der Waals surface area (Å²) < 4.78 is 30.8. The molecule has 0 spiro atoms. The molecule has 0 saturated carbocycles. The van der Waals surface area contributed by atoms with Crippen molar-refractivity contribution < 1.29 is 17.8 Å². The molecule has 5 nitrogen and oxygen atoms in total. The number of unbranched alkanes of at least 4 members (excludes halogenated alkanes) is 1. The highest BCUT2D eigenvalue weighted by Gasteiger charge is 2.14. The molecule has 0 radical (unpaired) electrons. The number of carbonyl (C=O) groups is 1. The topological polar surface area (TPSA) is 62.6 Å². The summed E-state index contributed by atoms with van der Waals surface area (Å²) in [6, 6.07) is 8.75. The Balaban J connectivity index is 1.82. The van der Waals surface area contributed by atoms with Gasteiger partial charge in [0.2, 0.25) is 0 Å². The quantitative estimate of drug-likeness (QED) is 0.633. The van der Waals surface area contributed by atoms with Crippen LogP contribution in [0.15, 0.2) is 45.7 Å². The standard InChI is InChI=1S/C20H27FN2O3S/c1-3-5-13-23(4-2)14-12-22-20(24)19-11-8-17(26-19)15-27(25)18-9-6-16(21)7-10-18/h6-11H,3-5,12-15H2,1-2H3,(H,22,24). The van der Waals surface area contributed by atoms with E-state index < -0.39 is 10.8 Å². The molecule has 7 heteroatoms. The minimum Gasteiger partial charge on any atom is -0.455 e. The van der Waals surface area contributed by atoms with Gasteiger partial charge in [0.15, 0.2) is 5.76 Å². The van der Waals surface area contributed by atoms with Gasteiger partial charge in [0.1, 0.15) is 11.6 Å². The summed E-state index contributed by atoms with van der Waals surface area (Å²) in [5, 5.41) is 2.85. The third-order valence-corrected chi connectivity index (χ3v) is 5.57. The maximum atomic E-state index is 12.9. The predicted octanol–water partition coefficient (Wildman–Crippen LogP) is 3.58. The number of halogens is 1. The number of benzene rings is 1. The Morgan fingerprint density at radius 2 is 1.89 bits per heavy atom. The zero-order valence-electron chi connectivity index (χ0n) is 15.9. The van der Waals surface area contributed by atoms with Gasteiger partial charge in [-0.2, -0.15) is 0 Å². The minimum absolute atomic E-state index is 0.138. The van der Waals surface area contributed by atoms with E-state index in [-0.39, 0.29) is 23.2 Å². The molecule has 1 atom stereocenters. The second-order valence-electron chi connectivity index (χ2n) is 6.25. The SMILES string of the molecule is CCCCN(CC)CCNC(=O)c1ccc(CS(=O)c2ccc(F)cc2)o1. The van der Waals surface area contributed by atoms with Crippen LogP contribution in [0.25, 0.3) is 0 Å². The molecule has 1 unspecified atom stereocenters. The maximum Gasteiger partial charge on any atom is 0.287 e. The Labute approximate surface area is 162 Å². The van der Waals surface area contributed by atoms with Gasteiger partial charge in [0.25, 0.3) is 5.91 Å². The first-order valence-corrected chi connectivity index (χ1v) is 10.6. The molecule has 1 N–H and O–H groups in total. The van der Waals surface area contributed by atoms with Crippen LogP contribution in [0.2, 0.25) is 0 Å². The summed E-state index contributed by atoms with van der Waals surface area (Å²) in [5.41, 5.74) is 0. The first-order valence-electron chi connectivity index (χ1n) is 9.26. The van der Waals surface area contributed by atoms with E-state index in [2.05, 4.69) is 24.1 Å². The van der Waals surface area contributed by atoms with E-state index in [1.807, 2.05) is 0 Å². The highest BCUT2D eigenvalue weighted by molar-refractivity contribution is 7.84. The first kappa shape index (κ1) is 21.3. The normalized spacial score (nSPS) is 12.3. The van der Waals surface area contributed by atoms with Crippen molar-refractivity contribution in [1.82, 2.24) is 10.2 Å². The number of likely N-dealkylation sites (N-methyl/N-ethyl adjacent to an activating group) is 1. The molecule has 1 aromatic carbocycles. The lowest BCUT2D eigenvalue weighted by Crippen LogP contribution is -2.35. The number of rotatable bonds is 11. The summed E-state index contributed by atoms with van der Waals surface area (Å²) in [7, 11) is -1.36. The number of hydrogen-bond acceptors (Lipinski definition) is 4. The molecular weight excluding hydrogens is 367 g/mol. The molecule has 0 fully saturated rings. The van der Waals surface area contributed by atoms with Crippen molar-refractivity contribution in [1.29, 1.82) is 0 Å². The lowest BCUT2D eigenvalue weighted by atomic mass is 10.3. The van der Waals surface area contributed by atoms with Gasteiger partial charge in [-0.05, 0) is 55.9 Å². The fourth-order valence-electron chi connectivity index (χ4n) is 2.60. The summed E-state index contributed by atoms with van der Waals surface area (Å²) in [5.74, 6) is 0.155. The molecule has 2 rings (SSSR count). The fourth-order valence-corrected chi connectivity index (χ4v) is 3.62. The van der Waals surface area contributed by atoms with E-state index in [0.29, 0.717) is 17.2 Å². The van der Waals surface area contributed by atoms with Crippen LogP contribution in [0, 0.1) is 5.82 Å². The van der Waals surface area contributed by atoms with Gasteiger partial charge in [0.05, 0.1) is 16.6 Å². The van der Waals surface area contributed by atoms with Crippen LogP contribution >= 0.6 is 0 Å². The van der Waals surface area contributed by atoms with Crippen LogP contribution < -0.4 is 5.32 Å². The lowest BCUT2D eigenvalue weighted by molar-refractivity contribution is 0.0919. The third-order valence-electron chi connectivity index (χ3n) is 4.22. The van der Waals surface area contributed by atoms with Crippen LogP contribution in [-0.2, 0) is 16.6 Å². The first-order chi connectivity index (χ1) is 13.0. The summed E-state index contributed by atoms with van der Waals surface area (Å²) >= 11 is 0. The van der Waals surface area contributed by atoms with Gasteiger partial charge in [-0.25, -0.2) is 4.39 Å². The van der Waals surface area contributed by atoms with Gasteiger partial charge >= 0.3 is 0 Å². The van der Waals surface area contributed by atoms with Crippen LogP contribution in [0.4, 0.5) is 4.39 Å². The Kier molecular flexibility index (Phi) is 8.67. The van der Waals surface area contributed by atoms with Crippen molar-refractivity contribution >= 4 is 16.7 Å². The molecule has 1 amide bonds. The molecule has 0 saturated heterocycles. The Hall–Kier alpha value is -1.99. The molecule has 0 aliphatic carbocycles. The van der Waals surface area contributed by atoms with Crippen LogP contribution in [0.3, 0.4) is 0 Å². The third kappa shape index (κ3) is 6.92. The fraction of sp³-hybridized carbons (Fsp3) is 0.450. The van der Waals surface area contributed by atoms with Gasteiger partial charge < -0.3 is 14.6 Å². The van der Waals surface area contributed by atoms with E-state index in [1.54, 1.807) is 12.1 Å².